The maximum Gasteiger partial charge on any atom is 0.269 e. The van der Waals surface area contributed by atoms with Crippen LogP contribution in [0.2, 0.25) is 0 Å². The van der Waals surface area contributed by atoms with Gasteiger partial charge in [-0.05, 0) is 31.7 Å². The number of aromatic nitrogens is 2. The molecule has 0 aromatic carbocycles. The SMILES string of the molecule is Cc1cc(C(=O)NCC2CC(O)C2)n(C)n1. The topological polar surface area (TPSA) is 67.2 Å². The monoisotopic (exact) mass is 223 g/mol. The van der Waals surface area contributed by atoms with Crippen molar-refractivity contribution in [1.82, 2.24) is 15.1 Å². The maximum absolute atomic E-state index is 11.8. The number of nitrogens with zero attached hydrogens (tertiary/aromatic N) is 2. The van der Waals surface area contributed by atoms with E-state index in [9.17, 15) is 4.79 Å². The van der Waals surface area contributed by atoms with E-state index in [1.807, 2.05) is 6.92 Å². The van der Waals surface area contributed by atoms with E-state index in [-0.39, 0.29) is 12.0 Å². The Morgan fingerprint density at radius 3 is 2.88 bits per heavy atom. The molecule has 2 rings (SSSR count). The number of hydrogen-bond donors (Lipinski definition) is 2. The Balaban J connectivity index is 1.86. The van der Waals surface area contributed by atoms with Crippen LogP contribution in [0.1, 0.15) is 29.0 Å². The highest BCUT2D eigenvalue weighted by Gasteiger charge is 2.27. The minimum Gasteiger partial charge on any atom is -0.393 e. The number of nitrogens with one attached hydrogen (secondary N) is 1. The average molecular weight is 223 g/mol. The molecule has 1 aliphatic rings. The van der Waals surface area contributed by atoms with Crippen LogP contribution in [0.4, 0.5) is 0 Å². The Labute approximate surface area is 94.5 Å². The predicted molar refractivity (Wildman–Crippen MR) is 59.0 cm³/mol. The highest BCUT2D eigenvalue weighted by Crippen LogP contribution is 2.26. The van der Waals surface area contributed by atoms with Gasteiger partial charge in [-0.1, -0.05) is 0 Å². The summed E-state index contributed by atoms with van der Waals surface area (Å²) in [5.74, 6) is 0.331. The van der Waals surface area contributed by atoms with Gasteiger partial charge in [-0.2, -0.15) is 5.10 Å². The Bertz CT molecular complexity index is 394. The summed E-state index contributed by atoms with van der Waals surface area (Å²) in [6.45, 7) is 2.50. The predicted octanol–water partition coefficient (Wildman–Crippen LogP) is 0.229. The van der Waals surface area contributed by atoms with E-state index in [1.165, 1.54) is 0 Å². The molecule has 1 aromatic rings. The summed E-state index contributed by atoms with van der Waals surface area (Å²) >= 11 is 0. The van der Waals surface area contributed by atoms with Crippen molar-refractivity contribution < 1.29 is 9.90 Å². The summed E-state index contributed by atoms with van der Waals surface area (Å²) < 4.78 is 1.58. The largest absolute Gasteiger partial charge is 0.393 e. The van der Waals surface area contributed by atoms with Crippen LogP contribution in [0.25, 0.3) is 0 Å². The molecule has 1 aliphatic carbocycles. The van der Waals surface area contributed by atoms with E-state index >= 15 is 0 Å². The Kier molecular flexibility index (Phi) is 2.96. The lowest BCUT2D eigenvalue weighted by molar-refractivity contribution is 0.0419. The first kappa shape index (κ1) is 11.1. The van der Waals surface area contributed by atoms with Crippen LogP contribution in [0, 0.1) is 12.8 Å². The van der Waals surface area contributed by atoms with E-state index in [0.717, 1.165) is 18.5 Å². The van der Waals surface area contributed by atoms with E-state index in [4.69, 9.17) is 5.11 Å². The average Bonchev–Trinajstić information content (AvgIpc) is 2.50. The number of aliphatic hydroxyl groups excluding tert-OH is 1. The fraction of sp³-hybridized carbons (Fsp3) is 0.636. The van der Waals surface area contributed by atoms with Gasteiger partial charge in [0.25, 0.3) is 5.91 Å². The number of amides is 1. The van der Waals surface area contributed by atoms with Crippen LogP contribution in [0.3, 0.4) is 0 Å². The molecule has 88 valence electrons. The summed E-state index contributed by atoms with van der Waals surface area (Å²) in [7, 11) is 1.76. The third-order valence-corrected chi connectivity index (χ3v) is 3.00. The second kappa shape index (κ2) is 4.25. The Hall–Kier alpha value is -1.36. The number of aliphatic hydroxyl groups is 1. The molecule has 16 heavy (non-hydrogen) atoms. The quantitative estimate of drug-likeness (QED) is 0.770. The smallest absolute Gasteiger partial charge is 0.269 e. The van der Waals surface area contributed by atoms with Crippen LogP contribution in [-0.4, -0.2) is 33.4 Å². The highest BCUT2D eigenvalue weighted by molar-refractivity contribution is 5.92. The van der Waals surface area contributed by atoms with Crippen LogP contribution < -0.4 is 5.32 Å². The molecule has 0 spiro atoms. The summed E-state index contributed by atoms with van der Waals surface area (Å²) in [5, 5.41) is 16.1. The van der Waals surface area contributed by atoms with Gasteiger partial charge in [0.05, 0.1) is 11.8 Å². The third-order valence-electron chi connectivity index (χ3n) is 3.00. The first-order chi connectivity index (χ1) is 7.56. The standard InChI is InChI=1S/C11H17N3O2/c1-7-3-10(14(2)13-7)11(16)12-6-8-4-9(15)5-8/h3,8-9,15H,4-6H2,1-2H3,(H,12,16). The van der Waals surface area contributed by atoms with Crippen molar-refractivity contribution in [2.75, 3.05) is 6.54 Å². The molecule has 0 bridgehead atoms. The van der Waals surface area contributed by atoms with Crippen LogP contribution in [0.5, 0.6) is 0 Å². The summed E-state index contributed by atoms with van der Waals surface area (Å²) in [5.41, 5.74) is 1.42. The van der Waals surface area contributed by atoms with Crippen LogP contribution in [-0.2, 0) is 7.05 Å². The van der Waals surface area contributed by atoms with Crippen molar-refractivity contribution in [2.24, 2.45) is 13.0 Å². The highest BCUT2D eigenvalue weighted by atomic mass is 16.3. The maximum atomic E-state index is 11.8. The zero-order valence-corrected chi connectivity index (χ0v) is 9.60. The Morgan fingerprint density at radius 2 is 2.38 bits per heavy atom. The lowest BCUT2D eigenvalue weighted by atomic mass is 9.82. The van der Waals surface area contributed by atoms with Crippen molar-refractivity contribution >= 4 is 5.91 Å². The molecule has 0 atom stereocenters. The molecule has 2 N–H and O–H groups in total. The Morgan fingerprint density at radius 1 is 1.69 bits per heavy atom. The number of rotatable bonds is 3. The summed E-state index contributed by atoms with van der Waals surface area (Å²) in [6, 6.07) is 1.77. The van der Waals surface area contributed by atoms with Crippen molar-refractivity contribution in [1.29, 1.82) is 0 Å². The molecule has 5 heteroatoms. The van der Waals surface area contributed by atoms with Gasteiger partial charge < -0.3 is 10.4 Å². The van der Waals surface area contributed by atoms with E-state index in [0.29, 0.717) is 18.2 Å². The fourth-order valence-corrected chi connectivity index (χ4v) is 2.02. The molecular weight excluding hydrogens is 206 g/mol. The van der Waals surface area contributed by atoms with Gasteiger partial charge in [-0.25, -0.2) is 0 Å². The second-order valence-electron chi connectivity index (χ2n) is 4.50. The molecule has 1 fully saturated rings. The molecule has 0 unspecified atom stereocenters. The minimum atomic E-state index is -0.166. The molecule has 1 amide bonds. The van der Waals surface area contributed by atoms with Crippen LogP contribution in [0.15, 0.2) is 6.07 Å². The molecule has 5 nitrogen and oxygen atoms in total. The minimum absolute atomic E-state index is 0.0931. The summed E-state index contributed by atoms with van der Waals surface area (Å²) in [4.78, 5) is 11.8. The lowest BCUT2D eigenvalue weighted by Gasteiger charge is -2.31. The second-order valence-corrected chi connectivity index (χ2v) is 4.50. The molecule has 0 radical (unpaired) electrons. The molecule has 1 heterocycles. The normalized spacial score (nSPS) is 23.9. The molecule has 0 aliphatic heterocycles. The first-order valence-corrected chi connectivity index (χ1v) is 5.53. The van der Waals surface area contributed by atoms with Gasteiger partial charge in [-0.15, -0.1) is 0 Å². The van der Waals surface area contributed by atoms with Crippen molar-refractivity contribution in [3.8, 4) is 0 Å². The number of carbonyl (C=O) groups excluding carboxylic acids is 1. The van der Waals surface area contributed by atoms with Gasteiger partial charge in [0.1, 0.15) is 5.69 Å². The van der Waals surface area contributed by atoms with Gasteiger partial charge in [0.15, 0.2) is 0 Å². The zero-order chi connectivity index (χ0) is 11.7. The zero-order valence-electron chi connectivity index (χ0n) is 9.60. The fourth-order valence-electron chi connectivity index (χ4n) is 2.02. The van der Waals surface area contributed by atoms with Gasteiger partial charge in [0.2, 0.25) is 0 Å². The lowest BCUT2D eigenvalue weighted by Crippen LogP contribution is -2.38. The molecule has 1 saturated carbocycles. The van der Waals surface area contributed by atoms with Crippen molar-refractivity contribution in [3.63, 3.8) is 0 Å². The van der Waals surface area contributed by atoms with Crippen molar-refractivity contribution in [2.45, 2.75) is 25.9 Å². The van der Waals surface area contributed by atoms with E-state index < -0.39 is 0 Å². The molecule has 0 saturated heterocycles. The van der Waals surface area contributed by atoms with Gasteiger partial charge in [0, 0.05) is 13.6 Å². The third kappa shape index (κ3) is 2.24. The van der Waals surface area contributed by atoms with E-state index in [2.05, 4.69) is 10.4 Å². The molecule has 1 aromatic heterocycles. The molecular formula is C11H17N3O2. The number of aryl methyl sites for hydroxylation is 2. The van der Waals surface area contributed by atoms with Gasteiger partial charge in [-0.3, -0.25) is 9.48 Å². The van der Waals surface area contributed by atoms with Crippen molar-refractivity contribution in [3.05, 3.63) is 17.5 Å². The van der Waals surface area contributed by atoms with Gasteiger partial charge >= 0.3 is 0 Å². The number of hydrogen-bond acceptors (Lipinski definition) is 3. The number of carbonyl (C=O) groups is 1. The summed E-state index contributed by atoms with van der Waals surface area (Å²) in [6.07, 6.45) is 1.43. The first-order valence-electron chi connectivity index (χ1n) is 5.53. The van der Waals surface area contributed by atoms with E-state index in [1.54, 1.807) is 17.8 Å². The van der Waals surface area contributed by atoms with Crippen LogP contribution >= 0.6 is 0 Å².